The van der Waals surface area contributed by atoms with Crippen molar-refractivity contribution in [3.63, 3.8) is 0 Å². The molecule has 0 unspecified atom stereocenters. The van der Waals surface area contributed by atoms with E-state index in [9.17, 15) is 0 Å². The third-order valence-electron chi connectivity index (χ3n) is 3.34. The van der Waals surface area contributed by atoms with E-state index in [1.165, 1.54) is 22.5 Å². The van der Waals surface area contributed by atoms with Gasteiger partial charge in [-0.1, -0.05) is 29.5 Å². The molecule has 0 amide bonds. The Bertz CT molecular complexity index is 927. The topological polar surface area (TPSA) is 51.8 Å². The zero-order valence-electron chi connectivity index (χ0n) is 10.6. The monoisotopic (exact) mass is 277 g/mol. The predicted molar refractivity (Wildman–Crippen MR) is 84.8 cm³/mol. The average molecular weight is 277 g/mol. The van der Waals surface area contributed by atoms with E-state index < -0.39 is 0 Å². The molecule has 0 bridgehead atoms. The molecular formula is C16H11N3S. The summed E-state index contributed by atoms with van der Waals surface area (Å²) in [6.07, 6.45) is 1.81. The molecule has 0 saturated carbocycles. The number of hydrogen-bond donors (Lipinski definition) is 1. The number of pyridine rings is 1. The summed E-state index contributed by atoms with van der Waals surface area (Å²) in [5.74, 6) is 0. The molecule has 2 aromatic heterocycles. The fourth-order valence-corrected chi connectivity index (χ4v) is 3.15. The minimum atomic E-state index is 0.611. The zero-order chi connectivity index (χ0) is 13.5. The summed E-state index contributed by atoms with van der Waals surface area (Å²) >= 11 is 1.52. The number of hydrogen-bond acceptors (Lipinski definition) is 4. The zero-order valence-corrected chi connectivity index (χ0v) is 11.4. The number of benzene rings is 2. The SMILES string of the molecule is Nc1nc2ccc(-c3ccc4ncccc4c3)cc2s1. The molecule has 3 nitrogen and oxygen atoms in total. The van der Waals surface area contributed by atoms with Gasteiger partial charge in [0.15, 0.2) is 5.13 Å². The summed E-state index contributed by atoms with van der Waals surface area (Å²) in [5.41, 5.74) is 10.1. The van der Waals surface area contributed by atoms with Crippen LogP contribution in [0, 0.1) is 0 Å². The number of anilines is 1. The van der Waals surface area contributed by atoms with Crippen molar-refractivity contribution in [1.29, 1.82) is 0 Å². The lowest BCUT2D eigenvalue weighted by Crippen LogP contribution is -1.81. The van der Waals surface area contributed by atoms with E-state index in [-0.39, 0.29) is 0 Å². The Hall–Kier alpha value is -2.46. The molecule has 20 heavy (non-hydrogen) atoms. The molecule has 4 aromatic rings. The van der Waals surface area contributed by atoms with Crippen LogP contribution in [0.1, 0.15) is 0 Å². The van der Waals surface area contributed by atoms with Crippen molar-refractivity contribution in [3.05, 3.63) is 54.7 Å². The third kappa shape index (κ3) is 1.82. The van der Waals surface area contributed by atoms with Gasteiger partial charge >= 0.3 is 0 Å². The summed E-state index contributed by atoms with van der Waals surface area (Å²) in [4.78, 5) is 8.63. The number of rotatable bonds is 1. The van der Waals surface area contributed by atoms with Crippen molar-refractivity contribution >= 4 is 37.6 Å². The van der Waals surface area contributed by atoms with Gasteiger partial charge < -0.3 is 5.73 Å². The van der Waals surface area contributed by atoms with E-state index in [4.69, 9.17) is 5.73 Å². The second-order valence-corrected chi connectivity index (χ2v) is 5.71. The molecule has 0 aliphatic carbocycles. The first kappa shape index (κ1) is 11.4. The quantitative estimate of drug-likeness (QED) is 0.570. The minimum absolute atomic E-state index is 0.611. The number of nitrogen functional groups attached to an aromatic ring is 1. The highest BCUT2D eigenvalue weighted by atomic mass is 32.1. The highest BCUT2D eigenvalue weighted by molar-refractivity contribution is 7.22. The summed E-state index contributed by atoms with van der Waals surface area (Å²) < 4.78 is 1.12. The van der Waals surface area contributed by atoms with Crippen LogP contribution in [0.2, 0.25) is 0 Å². The Balaban J connectivity index is 1.90. The van der Waals surface area contributed by atoms with Crippen molar-refractivity contribution in [2.45, 2.75) is 0 Å². The molecule has 4 rings (SSSR count). The van der Waals surface area contributed by atoms with Gasteiger partial charge in [-0.2, -0.15) is 0 Å². The van der Waals surface area contributed by atoms with Crippen LogP contribution in [0.15, 0.2) is 54.7 Å². The summed E-state index contributed by atoms with van der Waals surface area (Å²) in [5, 5.41) is 1.76. The van der Waals surface area contributed by atoms with Crippen LogP contribution in [-0.2, 0) is 0 Å². The fourth-order valence-electron chi connectivity index (χ4n) is 2.38. The summed E-state index contributed by atoms with van der Waals surface area (Å²) in [6, 6.07) is 16.6. The van der Waals surface area contributed by atoms with Gasteiger partial charge in [0, 0.05) is 11.6 Å². The van der Waals surface area contributed by atoms with Crippen LogP contribution in [0.25, 0.3) is 32.2 Å². The predicted octanol–water partition coefficient (Wildman–Crippen LogP) is 4.09. The van der Waals surface area contributed by atoms with Crippen LogP contribution in [0.5, 0.6) is 0 Å². The first-order valence-electron chi connectivity index (χ1n) is 6.31. The number of thiazole rings is 1. The Morgan fingerprint density at radius 3 is 2.60 bits per heavy atom. The van der Waals surface area contributed by atoms with E-state index in [0.29, 0.717) is 5.13 Å². The van der Waals surface area contributed by atoms with Gasteiger partial charge in [-0.15, -0.1) is 0 Å². The maximum absolute atomic E-state index is 5.75. The molecule has 2 N–H and O–H groups in total. The van der Waals surface area contributed by atoms with Gasteiger partial charge in [0.25, 0.3) is 0 Å². The molecular weight excluding hydrogens is 266 g/mol. The van der Waals surface area contributed by atoms with Crippen LogP contribution in [0.3, 0.4) is 0 Å². The van der Waals surface area contributed by atoms with Crippen molar-refractivity contribution < 1.29 is 0 Å². The number of nitrogens with zero attached hydrogens (tertiary/aromatic N) is 2. The Morgan fingerprint density at radius 1 is 0.900 bits per heavy atom. The largest absolute Gasteiger partial charge is 0.375 e. The molecule has 2 heterocycles. The smallest absolute Gasteiger partial charge is 0.181 e. The Kier molecular flexibility index (Phi) is 2.44. The first-order chi connectivity index (χ1) is 9.79. The van der Waals surface area contributed by atoms with E-state index in [2.05, 4.69) is 46.4 Å². The van der Waals surface area contributed by atoms with Crippen molar-refractivity contribution in [1.82, 2.24) is 9.97 Å². The van der Waals surface area contributed by atoms with Gasteiger partial charge in [-0.3, -0.25) is 4.98 Å². The van der Waals surface area contributed by atoms with Gasteiger partial charge in [0.05, 0.1) is 15.7 Å². The second-order valence-electron chi connectivity index (χ2n) is 4.65. The Morgan fingerprint density at radius 2 is 1.70 bits per heavy atom. The van der Waals surface area contributed by atoms with Gasteiger partial charge in [0.2, 0.25) is 0 Å². The number of nitrogens with two attached hydrogens (primary N) is 1. The summed E-state index contributed by atoms with van der Waals surface area (Å²) in [6.45, 7) is 0. The van der Waals surface area contributed by atoms with Crippen LogP contribution in [0.4, 0.5) is 5.13 Å². The lowest BCUT2D eigenvalue weighted by Gasteiger charge is -2.03. The highest BCUT2D eigenvalue weighted by Crippen LogP contribution is 2.30. The molecule has 0 aliphatic rings. The standard InChI is InChI=1S/C16H11N3S/c17-16-19-14-6-4-11(9-15(14)20-16)10-3-5-13-12(8-10)2-1-7-18-13/h1-9H,(H2,17,19). The molecule has 96 valence electrons. The van der Waals surface area contributed by atoms with E-state index in [1.54, 1.807) is 0 Å². The molecule has 0 radical (unpaired) electrons. The second kappa shape index (κ2) is 4.28. The van der Waals surface area contributed by atoms with E-state index in [1.807, 2.05) is 18.3 Å². The number of fused-ring (bicyclic) bond motifs is 2. The molecule has 0 saturated heterocycles. The Labute approximate surface area is 119 Å². The molecule has 4 heteroatoms. The lowest BCUT2D eigenvalue weighted by atomic mass is 10.0. The van der Waals surface area contributed by atoms with E-state index in [0.717, 1.165) is 21.1 Å². The molecule has 0 spiro atoms. The molecule has 0 fully saturated rings. The average Bonchev–Trinajstić information content (AvgIpc) is 2.85. The molecule has 2 aromatic carbocycles. The fraction of sp³-hybridized carbons (Fsp3) is 0. The normalized spacial score (nSPS) is 11.2. The maximum atomic E-state index is 5.75. The minimum Gasteiger partial charge on any atom is -0.375 e. The van der Waals surface area contributed by atoms with Crippen LogP contribution >= 0.6 is 11.3 Å². The van der Waals surface area contributed by atoms with Crippen molar-refractivity contribution in [2.75, 3.05) is 5.73 Å². The maximum Gasteiger partial charge on any atom is 0.181 e. The van der Waals surface area contributed by atoms with Crippen LogP contribution < -0.4 is 5.73 Å². The molecule has 0 aliphatic heterocycles. The van der Waals surface area contributed by atoms with E-state index >= 15 is 0 Å². The molecule has 0 atom stereocenters. The van der Waals surface area contributed by atoms with Crippen molar-refractivity contribution in [3.8, 4) is 11.1 Å². The van der Waals surface area contributed by atoms with Crippen molar-refractivity contribution in [2.24, 2.45) is 0 Å². The highest BCUT2D eigenvalue weighted by Gasteiger charge is 2.05. The third-order valence-corrected chi connectivity index (χ3v) is 4.19. The summed E-state index contributed by atoms with van der Waals surface area (Å²) in [7, 11) is 0. The van der Waals surface area contributed by atoms with Gasteiger partial charge in [0.1, 0.15) is 0 Å². The lowest BCUT2D eigenvalue weighted by molar-refractivity contribution is 1.41. The van der Waals surface area contributed by atoms with Crippen LogP contribution in [-0.4, -0.2) is 9.97 Å². The van der Waals surface area contributed by atoms with Gasteiger partial charge in [-0.25, -0.2) is 4.98 Å². The van der Waals surface area contributed by atoms with Gasteiger partial charge in [-0.05, 0) is 41.5 Å². The first-order valence-corrected chi connectivity index (χ1v) is 7.12. The number of aromatic nitrogens is 2.